The summed E-state index contributed by atoms with van der Waals surface area (Å²) in [5, 5.41) is 6.04. The van der Waals surface area contributed by atoms with Gasteiger partial charge in [0, 0.05) is 21.5 Å². The molecule has 2 aromatic rings. The second-order valence-corrected chi connectivity index (χ2v) is 7.15. The summed E-state index contributed by atoms with van der Waals surface area (Å²) in [7, 11) is 0. The number of rotatable bonds is 4. The van der Waals surface area contributed by atoms with Crippen LogP contribution in [0.3, 0.4) is 0 Å². The Hall–Kier alpha value is -1.20. The van der Waals surface area contributed by atoms with Crippen LogP contribution in [0, 0.1) is 0 Å². The van der Waals surface area contributed by atoms with Crippen molar-refractivity contribution in [1.29, 1.82) is 0 Å². The molecule has 3 nitrogen and oxygen atoms in total. The molecular weight excluding hydrogens is 348 g/mol. The predicted octanol–water partition coefficient (Wildman–Crippen LogP) is 4.17. The van der Waals surface area contributed by atoms with Gasteiger partial charge in [-0.25, -0.2) is 4.98 Å². The Labute approximate surface area is 136 Å². The highest BCUT2D eigenvalue weighted by atomic mass is 79.9. The van der Waals surface area contributed by atoms with Crippen molar-refractivity contribution in [1.82, 2.24) is 10.3 Å². The average Bonchev–Trinajstić information content (AvgIpc) is 3.10. The molecule has 1 amide bonds. The summed E-state index contributed by atoms with van der Waals surface area (Å²) in [5.74, 6) is 0.0907. The monoisotopic (exact) mass is 364 g/mol. The Balaban J connectivity index is 1.63. The molecular formula is C16H17BrN2OS. The van der Waals surface area contributed by atoms with Crippen molar-refractivity contribution < 1.29 is 4.79 Å². The number of nitrogens with one attached hydrogen (secondary N) is 1. The molecule has 5 heteroatoms. The first-order valence-corrected chi connectivity index (χ1v) is 8.88. The van der Waals surface area contributed by atoms with E-state index in [1.807, 2.05) is 29.6 Å². The number of nitrogens with zero attached hydrogens (tertiary/aromatic N) is 1. The van der Waals surface area contributed by atoms with Gasteiger partial charge in [0.2, 0.25) is 5.91 Å². The van der Waals surface area contributed by atoms with E-state index in [2.05, 4.69) is 26.2 Å². The van der Waals surface area contributed by atoms with E-state index in [0.717, 1.165) is 33.6 Å². The molecule has 3 rings (SSSR count). The third-order valence-electron chi connectivity index (χ3n) is 3.69. The Morgan fingerprint density at radius 1 is 1.38 bits per heavy atom. The molecule has 110 valence electrons. The van der Waals surface area contributed by atoms with Crippen molar-refractivity contribution in [2.45, 2.75) is 38.1 Å². The van der Waals surface area contributed by atoms with E-state index in [-0.39, 0.29) is 5.91 Å². The van der Waals surface area contributed by atoms with Crippen LogP contribution in [0.25, 0.3) is 10.6 Å². The standard InChI is InChI=1S/C16H17BrN2OS/c17-12-5-3-4-11(8-12)16-19-14(10-21-16)9-15(20)18-13-6-1-2-7-13/h3-5,8,10,13H,1-2,6-7,9H2,(H,18,20). The van der Waals surface area contributed by atoms with Crippen LogP contribution in [-0.4, -0.2) is 16.9 Å². The van der Waals surface area contributed by atoms with Crippen LogP contribution in [0.4, 0.5) is 0 Å². The van der Waals surface area contributed by atoms with Gasteiger partial charge in [-0.1, -0.05) is 40.9 Å². The van der Waals surface area contributed by atoms with Gasteiger partial charge in [-0.05, 0) is 25.0 Å². The van der Waals surface area contributed by atoms with E-state index in [1.54, 1.807) is 11.3 Å². The van der Waals surface area contributed by atoms with Gasteiger partial charge >= 0.3 is 0 Å². The number of amides is 1. The highest BCUT2D eigenvalue weighted by Gasteiger charge is 2.17. The number of halogens is 1. The van der Waals surface area contributed by atoms with Gasteiger partial charge in [0.15, 0.2) is 0 Å². The molecule has 1 aliphatic rings. The van der Waals surface area contributed by atoms with Gasteiger partial charge in [0.1, 0.15) is 5.01 Å². The van der Waals surface area contributed by atoms with Crippen LogP contribution in [0.1, 0.15) is 31.4 Å². The molecule has 0 saturated heterocycles. The van der Waals surface area contributed by atoms with Gasteiger partial charge in [-0.15, -0.1) is 11.3 Å². The number of benzene rings is 1. The maximum atomic E-state index is 12.0. The van der Waals surface area contributed by atoms with E-state index in [9.17, 15) is 4.79 Å². The van der Waals surface area contributed by atoms with Crippen LogP contribution in [-0.2, 0) is 11.2 Å². The van der Waals surface area contributed by atoms with Crippen molar-refractivity contribution in [3.63, 3.8) is 0 Å². The third kappa shape index (κ3) is 3.92. The average molecular weight is 365 g/mol. The summed E-state index contributed by atoms with van der Waals surface area (Å²) in [5.41, 5.74) is 1.93. The predicted molar refractivity (Wildman–Crippen MR) is 89.4 cm³/mol. The highest BCUT2D eigenvalue weighted by Crippen LogP contribution is 2.26. The van der Waals surface area contributed by atoms with Crippen molar-refractivity contribution >= 4 is 33.2 Å². The molecule has 1 fully saturated rings. The lowest BCUT2D eigenvalue weighted by Crippen LogP contribution is -2.33. The second kappa shape index (κ2) is 6.71. The fraction of sp³-hybridized carbons (Fsp3) is 0.375. The van der Waals surface area contributed by atoms with Crippen LogP contribution < -0.4 is 5.32 Å². The maximum Gasteiger partial charge on any atom is 0.226 e. The van der Waals surface area contributed by atoms with E-state index < -0.39 is 0 Å². The Morgan fingerprint density at radius 2 is 2.19 bits per heavy atom. The Morgan fingerprint density at radius 3 is 2.95 bits per heavy atom. The minimum Gasteiger partial charge on any atom is -0.353 e. The minimum absolute atomic E-state index is 0.0907. The molecule has 0 unspecified atom stereocenters. The zero-order valence-corrected chi connectivity index (χ0v) is 14.0. The molecule has 1 saturated carbocycles. The summed E-state index contributed by atoms with van der Waals surface area (Å²) < 4.78 is 1.04. The zero-order valence-electron chi connectivity index (χ0n) is 11.6. The van der Waals surface area contributed by atoms with Crippen LogP contribution >= 0.6 is 27.3 Å². The lowest BCUT2D eigenvalue weighted by Gasteiger charge is -2.10. The van der Waals surface area contributed by atoms with Crippen molar-refractivity contribution in [2.75, 3.05) is 0 Å². The number of thiazole rings is 1. The second-order valence-electron chi connectivity index (χ2n) is 5.38. The van der Waals surface area contributed by atoms with Gasteiger partial charge in [0.05, 0.1) is 12.1 Å². The third-order valence-corrected chi connectivity index (χ3v) is 5.12. The van der Waals surface area contributed by atoms with Crippen LogP contribution in [0.5, 0.6) is 0 Å². The first kappa shape index (κ1) is 14.7. The van der Waals surface area contributed by atoms with Gasteiger partial charge in [-0.3, -0.25) is 4.79 Å². The van der Waals surface area contributed by atoms with Crippen molar-refractivity contribution in [3.8, 4) is 10.6 Å². The number of carbonyl (C=O) groups excluding carboxylic acids is 1. The lowest BCUT2D eigenvalue weighted by molar-refractivity contribution is -0.121. The van der Waals surface area contributed by atoms with Gasteiger partial charge in [0.25, 0.3) is 0 Å². The summed E-state index contributed by atoms with van der Waals surface area (Å²) >= 11 is 5.05. The van der Waals surface area contributed by atoms with Crippen LogP contribution in [0.15, 0.2) is 34.1 Å². The smallest absolute Gasteiger partial charge is 0.226 e. The first-order valence-electron chi connectivity index (χ1n) is 7.20. The fourth-order valence-electron chi connectivity index (χ4n) is 2.66. The van der Waals surface area contributed by atoms with Crippen molar-refractivity contribution in [2.24, 2.45) is 0 Å². The molecule has 1 aromatic heterocycles. The molecule has 1 heterocycles. The molecule has 0 spiro atoms. The quantitative estimate of drug-likeness (QED) is 0.884. The molecule has 0 radical (unpaired) electrons. The van der Waals surface area contributed by atoms with Gasteiger partial charge < -0.3 is 5.32 Å². The van der Waals surface area contributed by atoms with Gasteiger partial charge in [-0.2, -0.15) is 0 Å². The number of aromatic nitrogens is 1. The lowest BCUT2D eigenvalue weighted by atomic mass is 10.2. The first-order chi connectivity index (χ1) is 10.2. The summed E-state index contributed by atoms with van der Waals surface area (Å²) in [6, 6.07) is 8.44. The summed E-state index contributed by atoms with van der Waals surface area (Å²) in [6.07, 6.45) is 5.07. The SMILES string of the molecule is O=C(Cc1csc(-c2cccc(Br)c2)n1)NC1CCCC1. The van der Waals surface area contributed by atoms with E-state index in [1.165, 1.54) is 12.8 Å². The largest absolute Gasteiger partial charge is 0.353 e. The normalized spacial score (nSPS) is 15.3. The Bertz CT molecular complexity index is 635. The summed E-state index contributed by atoms with van der Waals surface area (Å²) in [6.45, 7) is 0. The number of hydrogen-bond acceptors (Lipinski definition) is 3. The van der Waals surface area contributed by atoms with E-state index >= 15 is 0 Å². The van der Waals surface area contributed by atoms with Crippen molar-refractivity contribution in [3.05, 3.63) is 39.8 Å². The fourth-order valence-corrected chi connectivity index (χ4v) is 3.87. The zero-order chi connectivity index (χ0) is 14.7. The highest BCUT2D eigenvalue weighted by molar-refractivity contribution is 9.10. The van der Waals surface area contributed by atoms with Crippen LogP contribution in [0.2, 0.25) is 0 Å². The minimum atomic E-state index is 0.0907. The molecule has 0 atom stereocenters. The molecule has 1 N–H and O–H groups in total. The molecule has 1 aliphatic carbocycles. The summed E-state index contributed by atoms with van der Waals surface area (Å²) in [4.78, 5) is 16.6. The number of carbonyl (C=O) groups is 1. The molecule has 21 heavy (non-hydrogen) atoms. The van der Waals surface area contributed by atoms with E-state index in [4.69, 9.17) is 0 Å². The van der Waals surface area contributed by atoms with E-state index in [0.29, 0.717) is 12.5 Å². The molecule has 0 aliphatic heterocycles. The number of hydrogen-bond donors (Lipinski definition) is 1. The topological polar surface area (TPSA) is 42.0 Å². The Kier molecular flexibility index (Phi) is 4.70. The molecule has 0 bridgehead atoms. The maximum absolute atomic E-state index is 12.0. The molecule has 1 aromatic carbocycles.